The highest BCUT2D eigenvalue weighted by atomic mass is 32.1. The van der Waals surface area contributed by atoms with Crippen molar-refractivity contribution < 1.29 is 9.53 Å². The summed E-state index contributed by atoms with van der Waals surface area (Å²) >= 11 is 1.27. The summed E-state index contributed by atoms with van der Waals surface area (Å²) in [6.07, 6.45) is 0. The van der Waals surface area contributed by atoms with Gasteiger partial charge in [-0.2, -0.15) is 0 Å². The molecule has 17 heavy (non-hydrogen) atoms. The number of nitrogens with one attached hydrogen (secondary N) is 1. The molecule has 0 bridgehead atoms. The number of anilines is 1. The lowest BCUT2D eigenvalue weighted by atomic mass is 10.2. The summed E-state index contributed by atoms with van der Waals surface area (Å²) in [5.41, 5.74) is 2.59. The fourth-order valence-corrected chi connectivity index (χ4v) is 1.68. The van der Waals surface area contributed by atoms with Crippen LogP contribution >= 0.6 is 11.3 Å². The quantitative estimate of drug-likeness (QED) is 0.875. The number of aromatic nitrogens is 2. The number of carbonyl (C=O) groups excluding carboxylic acids is 1. The van der Waals surface area contributed by atoms with E-state index >= 15 is 0 Å². The standard InChI is InChI=1S/C11H11N3O2S/c15-10(13-11-14-12-8-17-11)7-16-6-9-4-2-1-3-5-9/h1-5,8H,6-7H2,(H,13,14,15). The molecule has 5 nitrogen and oxygen atoms in total. The van der Waals surface area contributed by atoms with Crippen molar-refractivity contribution in [3.05, 3.63) is 41.4 Å². The number of ether oxygens (including phenoxy) is 1. The van der Waals surface area contributed by atoms with Crippen LogP contribution in [-0.4, -0.2) is 22.7 Å². The second-order valence-electron chi connectivity index (χ2n) is 3.27. The topological polar surface area (TPSA) is 64.1 Å². The molecule has 2 aromatic rings. The normalized spacial score (nSPS) is 10.1. The average molecular weight is 249 g/mol. The van der Waals surface area contributed by atoms with E-state index in [-0.39, 0.29) is 12.5 Å². The zero-order valence-corrected chi connectivity index (χ0v) is 9.81. The zero-order valence-electron chi connectivity index (χ0n) is 9.00. The number of hydrogen-bond acceptors (Lipinski definition) is 5. The van der Waals surface area contributed by atoms with E-state index in [0.29, 0.717) is 11.7 Å². The fourth-order valence-electron chi connectivity index (χ4n) is 1.22. The van der Waals surface area contributed by atoms with Gasteiger partial charge in [-0.25, -0.2) is 0 Å². The maximum Gasteiger partial charge on any atom is 0.252 e. The van der Waals surface area contributed by atoms with E-state index in [2.05, 4.69) is 15.5 Å². The van der Waals surface area contributed by atoms with Crippen molar-refractivity contribution in [3.8, 4) is 0 Å². The molecule has 2 rings (SSSR count). The summed E-state index contributed by atoms with van der Waals surface area (Å²) in [6.45, 7) is 0.429. The van der Waals surface area contributed by atoms with Crippen LogP contribution in [0.4, 0.5) is 5.13 Å². The van der Waals surface area contributed by atoms with Crippen LogP contribution in [0.1, 0.15) is 5.56 Å². The predicted octanol–water partition coefficient (Wildman–Crippen LogP) is 1.69. The summed E-state index contributed by atoms with van der Waals surface area (Å²) in [4.78, 5) is 11.4. The Morgan fingerprint density at radius 2 is 2.18 bits per heavy atom. The van der Waals surface area contributed by atoms with E-state index in [1.54, 1.807) is 5.51 Å². The highest BCUT2D eigenvalue weighted by molar-refractivity contribution is 7.13. The number of amides is 1. The minimum Gasteiger partial charge on any atom is -0.367 e. The predicted molar refractivity (Wildman–Crippen MR) is 64.6 cm³/mol. The van der Waals surface area contributed by atoms with Gasteiger partial charge in [-0.1, -0.05) is 41.7 Å². The molecule has 6 heteroatoms. The van der Waals surface area contributed by atoms with Crippen LogP contribution < -0.4 is 5.32 Å². The van der Waals surface area contributed by atoms with Crippen molar-refractivity contribution in [2.24, 2.45) is 0 Å². The van der Waals surface area contributed by atoms with Gasteiger partial charge in [0.1, 0.15) is 12.1 Å². The third-order valence-electron chi connectivity index (χ3n) is 1.95. The van der Waals surface area contributed by atoms with Gasteiger partial charge in [0.15, 0.2) is 0 Å². The molecule has 88 valence electrons. The van der Waals surface area contributed by atoms with Crippen molar-refractivity contribution >= 4 is 22.4 Å². The highest BCUT2D eigenvalue weighted by Crippen LogP contribution is 2.07. The van der Waals surface area contributed by atoms with Gasteiger partial charge in [-0.05, 0) is 5.56 Å². The summed E-state index contributed by atoms with van der Waals surface area (Å²) in [5.74, 6) is -0.224. The summed E-state index contributed by atoms with van der Waals surface area (Å²) in [6, 6.07) is 9.69. The molecule has 0 saturated heterocycles. The maximum absolute atomic E-state index is 11.4. The number of benzene rings is 1. The Balaban J connectivity index is 1.70. The van der Waals surface area contributed by atoms with Gasteiger partial charge in [0.05, 0.1) is 6.61 Å². The second-order valence-corrected chi connectivity index (χ2v) is 4.10. The van der Waals surface area contributed by atoms with Gasteiger partial charge in [-0.15, -0.1) is 10.2 Å². The molecule has 0 aliphatic carbocycles. The van der Waals surface area contributed by atoms with Crippen LogP contribution in [0, 0.1) is 0 Å². The minimum absolute atomic E-state index is 0.00841. The van der Waals surface area contributed by atoms with Crippen molar-refractivity contribution in [2.45, 2.75) is 6.61 Å². The van der Waals surface area contributed by atoms with Gasteiger partial charge in [0, 0.05) is 0 Å². The van der Waals surface area contributed by atoms with Crippen LogP contribution in [0.5, 0.6) is 0 Å². The highest BCUT2D eigenvalue weighted by Gasteiger charge is 2.04. The Morgan fingerprint density at radius 3 is 2.88 bits per heavy atom. The van der Waals surface area contributed by atoms with E-state index < -0.39 is 0 Å². The second kappa shape index (κ2) is 6.07. The number of carbonyl (C=O) groups is 1. The van der Waals surface area contributed by atoms with Crippen LogP contribution in [0.3, 0.4) is 0 Å². The van der Waals surface area contributed by atoms with Gasteiger partial charge < -0.3 is 4.74 Å². The number of nitrogens with zero attached hydrogens (tertiary/aromatic N) is 2. The Morgan fingerprint density at radius 1 is 1.35 bits per heavy atom. The van der Waals surface area contributed by atoms with E-state index in [1.165, 1.54) is 11.3 Å². The van der Waals surface area contributed by atoms with E-state index in [0.717, 1.165) is 5.56 Å². The molecule has 0 unspecified atom stereocenters. The molecular formula is C11H11N3O2S. The number of rotatable bonds is 5. The van der Waals surface area contributed by atoms with Crippen molar-refractivity contribution in [3.63, 3.8) is 0 Å². The Bertz CT molecular complexity index is 459. The molecular weight excluding hydrogens is 238 g/mol. The van der Waals surface area contributed by atoms with Crippen molar-refractivity contribution in [2.75, 3.05) is 11.9 Å². The maximum atomic E-state index is 11.4. The van der Waals surface area contributed by atoms with Gasteiger partial charge in [0.2, 0.25) is 5.13 Å². The van der Waals surface area contributed by atoms with Gasteiger partial charge in [-0.3, -0.25) is 10.1 Å². The first-order valence-electron chi connectivity index (χ1n) is 5.02. The summed E-state index contributed by atoms with van der Waals surface area (Å²) in [5, 5.41) is 10.4. The van der Waals surface area contributed by atoms with Crippen LogP contribution in [0.25, 0.3) is 0 Å². The monoisotopic (exact) mass is 249 g/mol. The zero-order chi connectivity index (χ0) is 11.9. The van der Waals surface area contributed by atoms with Gasteiger partial charge in [0.25, 0.3) is 5.91 Å². The molecule has 0 saturated carbocycles. The minimum atomic E-state index is -0.224. The Kier molecular flexibility index (Phi) is 4.17. The lowest BCUT2D eigenvalue weighted by Gasteiger charge is -2.03. The SMILES string of the molecule is O=C(COCc1ccccc1)Nc1nncs1. The Hall–Kier alpha value is -1.79. The molecule has 1 aromatic carbocycles. The van der Waals surface area contributed by atoms with Crippen molar-refractivity contribution in [1.82, 2.24) is 10.2 Å². The van der Waals surface area contributed by atoms with Crippen LogP contribution in [-0.2, 0) is 16.1 Å². The van der Waals surface area contributed by atoms with Crippen LogP contribution in [0.2, 0.25) is 0 Å². The average Bonchev–Trinajstić information content (AvgIpc) is 2.83. The molecule has 0 radical (unpaired) electrons. The van der Waals surface area contributed by atoms with E-state index in [9.17, 15) is 4.79 Å². The smallest absolute Gasteiger partial charge is 0.252 e. The molecule has 1 amide bonds. The molecule has 1 N–H and O–H groups in total. The molecule has 0 atom stereocenters. The molecule has 1 heterocycles. The molecule has 0 spiro atoms. The number of hydrogen-bond donors (Lipinski definition) is 1. The first kappa shape index (κ1) is 11.7. The van der Waals surface area contributed by atoms with E-state index in [4.69, 9.17) is 4.74 Å². The largest absolute Gasteiger partial charge is 0.367 e. The third kappa shape index (κ3) is 3.93. The molecule has 1 aromatic heterocycles. The molecule has 0 aliphatic heterocycles. The third-order valence-corrected chi connectivity index (χ3v) is 2.56. The lowest BCUT2D eigenvalue weighted by Crippen LogP contribution is -2.18. The van der Waals surface area contributed by atoms with E-state index in [1.807, 2.05) is 30.3 Å². The molecule has 0 aliphatic rings. The summed E-state index contributed by atoms with van der Waals surface area (Å²) < 4.78 is 5.27. The molecule has 0 fully saturated rings. The van der Waals surface area contributed by atoms with Crippen molar-refractivity contribution in [1.29, 1.82) is 0 Å². The first-order chi connectivity index (χ1) is 8.34. The van der Waals surface area contributed by atoms with Gasteiger partial charge >= 0.3 is 0 Å². The lowest BCUT2D eigenvalue weighted by molar-refractivity contribution is -0.121. The first-order valence-corrected chi connectivity index (χ1v) is 5.90. The fraction of sp³-hybridized carbons (Fsp3) is 0.182. The Labute approximate surface area is 102 Å². The summed E-state index contributed by atoms with van der Waals surface area (Å²) in [7, 11) is 0. The van der Waals surface area contributed by atoms with Crippen LogP contribution in [0.15, 0.2) is 35.8 Å².